The Balaban J connectivity index is 1.56. The summed E-state index contributed by atoms with van der Waals surface area (Å²) in [5.74, 6) is 0.742. The molecule has 5 heteroatoms. The molecule has 1 aromatic carbocycles. The number of nitrogens with one attached hydrogen (secondary N) is 1. The van der Waals surface area contributed by atoms with Gasteiger partial charge in [0.25, 0.3) is 0 Å². The summed E-state index contributed by atoms with van der Waals surface area (Å²) >= 11 is 0. The second-order valence-corrected chi connectivity index (χ2v) is 5.63. The first kappa shape index (κ1) is 16.3. The van der Waals surface area contributed by atoms with Crippen molar-refractivity contribution in [3.63, 3.8) is 0 Å². The van der Waals surface area contributed by atoms with E-state index in [2.05, 4.69) is 5.32 Å². The van der Waals surface area contributed by atoms with Crippen molar-refractivity contribution in [1.29, 1.82) is 0 Å². The summed E-state index contributed by atoms with van der Waals surface area (Å²) in [6, 6.07) is 7.83. The lowest BCUT2D eigenvalue weighted by Gasteiger charge is -2.15. The molecule has 1 N–H and O–H groups in total. The summed E-state index contributed by atoms with van der Waals surface area (Å²) in [6.07, 6.45) is 3.14. The van der Waals surface area contributed by atoms with Crippen LogP contribution in [0.1, 0.15) is 31.2 Å². The van der Waals surface area contributed by atoms with Crippen molar-refractivity contribution in [2.24, 2.45) is 0 Å². The third-order valence-corrected chi connectivity index (χ3v) is 3.70. The predicted octanol–water partition coefficient (Wildman–Crippen LogP) is 1.89. The fourth-order valence-electron chi connectivity index (χ4n) is 2.47. The van der Waals surface area contributed by atoms with E-state index in [1.165, 1.54) is 0 Å². The lowest BCUT2D eigenvalue weighted by molar-refractivity contribution is -0.132. The van der Waals surface area contributed by atoms with Gasteiger partial charge in [0.2, 0.25) is 11.8 Å². The third-order valence-electron chi connectivity index (χ3n) is 3.70. The topological polar surface area (TPSA) is 58.6 Å². The van der Waals surface area contributed by atoms with Crippen molar-refractivity contribution in [2.45, 2.75) is 32.6 Å². The van der Waals surface area contributed by atoms with Gasteiger partial charge in [-0.1, -0.05) is 12.1 Å². The molecule has 1 saturated heterocycles. The number of nitrogens with zero attached hydrogens (tertiary/aromatic N) is 1. The molecule has 1 aromatic rings. The van der Waals surface area contributed by atoms with Gasteiger partial charge in [-0.2, -0.15) is 0 Å². The number of amides is 2. The first-order valence-electron chi connectivity index (χ1n) is 7.89. The SMILES string of the molecule is Cc1cccc(OCCCC(=O)NCC(=O)N2CCCC2)c1. The largest absolute Gasteiger partial charge is 0.494 e. The normalized spacial score (nSPS) is 14.0. The minimum atomic E-state index is -0.0969. The molecule has 5 nitrogen and oxygen atoms in total. The zero-order valence-corrected chi connectivity index (χ0v) is 13.1. The highest BCUT2D eigenvalue weighted by molar-refractivity contribution is 5.84. The monoisotopic (exact) mass is 304 g/mol. The van der Waals surface area contributed by atoms with E-state index in [0.29, 0.717) is 19.4 Å². The number of likely N-dealkylation sites (tertiary alicyclic amines) is 1. The molecule has 0 spiro atoms. The van der Waals surface area contributed by atoms with Crippen molar-refractivity contribution < 1.29 is 14.3 Å². The second kappa shape index (κ2) is 8.41. The minimum Gasteiger partial charge on any atom is -0.494 e. The van der Waals surface area contributed by atoms with E-state index in [1.54, 1.807) is 4.90 Å². The van der Waals surface area contributed by atoms with Crippen LogP contribution in [0.25, 0.3) is 0 Å². The molecule has 0 saturated carbocycles. The Morgan fingerprint density at radius 1 is 1.27 bits per heavy atom. The van der Waals surface area contributed by atoms with Crippen LogP contribution >= 0.6 is 0 Å². The van der Waals surface area contributed by atoms with Crippen LogP contribution in [0.4, 0.5) is 0 Å². The van der Waals surface area contributed by atoms with Crippen molar-refractivity contribution in [2.75, 3.05) is 26.2 Å². The lowest BCUT2D eigenvalue weighted by atomic mass is 10.2. The van der Waals surface area contributed by atoms with Crippen LogP contribution in [-0.4, -0.2) is 43.0 Å². The molecule has 0 bridgehead atoms. The number of benzene rings is 1. The maximum Gasteiger partial charge on any atom is 0.241 e. The van der Waals surface area contributed by atoms with Crippen LogP contribution in [0.5, 0.6) is 5.75 Å². The molecule has 0 aromatic heterocycles. The van der Waals surface area contributed by atoms with Crippen LogP contribution in [-0.2, 0) is 9.59 Å². The van der Waals surface area contributed by atoms with Gasteiger partial charge in [-0.3, -0.25) is 9.59 Å². The Bertz CT molecular complexity index is 510. The molecule has 1 aliphatic rings. The Labute approximate surface area is 131 Å². The molecule has 0 atom stereocenters. The highest BCUT2D eigenvalue weighted by atomic mass is 16.5. The highest BCUT2D eigenvalue weighted by Gasteiger charge is 2.17. The Morgan fingerprint density at radius 2 is 2.05 bits per heavy atom. The first-order valence-corrected chi connectivity index (χ1v) is 7.89. The van der Waals surface area contributed by atoms with E-state index in [4.69, 9.17) is 4.74 Å². The maximum atomic E-state index is 11.8. The quantitative estimate of drug-likeness (QED) is 0.783. The summed E-state index contributed by atoms with van der Waals surface area (Å²) in [7, 11) is 0. The van der Waals surface area contributed by atoms with E-state index >= 15 is 0 Å². The molecule has 120 valence electrons. The number of ether oxygens (including phenoxy) is 1. The summed E-state index contributed by atoms with van der Waals surface area (Å²) in [5.41, 5.74) is 1.15. The average molecular weight is 304 g/mol. The lowest BCUT2D eigenvalue weighted by Crippen LogP contribution is -2.38. The van der Waals surface area contributed by atoms with E-state index in [1.807, 2.05) is 31.2 Å². The average Bonchev–Trinajstić information content (AvgIpc) is 3.04. The molecule has 0 radical (unpaired) electrons. The zero-order chi connectivity index (χ0) is 15.8. The molecular formula is C17H24N2O3. The van der Waals surface area contributed by atoms with Gasteiger partial charge >= 0.3 is 0 Å². The summed E-state index contributed by atoms with van der Waals surface area (Å²) < 4.78 is 5.59. The van der Waals surface area contributed by atoms with E-state index < -0.39 is 0 Å². The van der Waals surface area contributed by atoms with Crippen molar-refractivity contribution >= 4 is 11.8 Å². The number of aryl methyl sites for hydroxylation is 1. The Kier molecular flexibility index (Phi) is 6.25. The van der Waals surface area contributed by atoms with E-state index in [0.717, 1.165) is 37.2 Å². The van der Waals surface area contributed by atoms with Crippen molar-refractivity contribution in [3.8, 4) is 5.75 Å². The molecule has 1 aliphatic heterocycles. The molecule has 0 aliphatic carbocycles. The van der Waals surface area contributed by atoms with Crippen LogP contribution in [0.2, 0.25) is 0 Å². The van der Waals surface area contributed by atoms with Crippen LogP contribution < -0.4 is 10.1 Å². The molecule has 2 rings (SSSR count). The van der Waals surface area contributed by atoms with Gasteiger partial charge in [-0.15, -0.1) is 0 Å². The number of carbonyl (C=O) groups is 2. The van der Waals surface area contributed by atoms with Gasteiger partial charge in [-0.25, -0.2) is 0 Å². The molecule has 1 heterocycles. The summed E-state index contributed by atoms with van der Waals surface area (Å²) in [6.45, 7) is 4.25. The highest BCUT2D eigenvalue weighted by Crippen LogP contribution is 2.12. The van der Waals surface area contributed by atoms with Gasteiger partial charge in [0.1, 0.15) is 5.75 Å². The van der Waals surface area contributed by atoms with Gasteiger partial charge in [0, 0.05) is 19.5 Å². The van der Waals surface area contributed by atoms with E-state index in [-0.39, 0.29) is 18.4 Å². The minimum absolute atomic E-state index is 0.0156. The van der Waals surface area contributed by atoms with Crippen LogP contribution in [0.15, 0.2) is 24.3 Å². The summed E-state index contributed by atoms with van der Waals surface area (Å²) in [5, 5.41) is 2.68. The van der Waals surface area contributed by atoms with Gasteiger partial charge < -0.3 is 15.0 Å². The molecule has 2 amide bonds. The smallest absolute Gasteiger partial charge is 0.241 e. The van der Waals surface area contributed by atoms with Crippen LogP contribution in [0, 0.1) is 6.92 Å². The fraction of sp³-hybridized carbons (Fsp3) is 0.529. The first-order chi connectivity index (χ1) is 10.6. The fourth-order valence-corrected chi connectivity index (χ4v) is 2.47. The van der Waals surface area contributed by atoms with Gasteiger partial charge in [0.15, 0.2) is 0 Å². The summed E-state index contributed by atoms with van der Waals surface area (Å²) in [4.78, 5) is 25.3. The molecule has 1 fully saturated rings. The number of rotatable bonds is 7. The molecular weight excluding hydrogens is 280 g/mol. The van der Waals surface area contributed by atoms with Crippen LogP contribution in [0.3, 0.4) is 0 Å². The van der Waals surface area contributed by atoms with Crippen molar-refractivity contribution in [3.05, 3.63) is 29.8 Å². The second-order valence-electron chi connectivity index (χ2n) is 5.63. The van der Waals surface area contributed by atoms with Gasteiger partial charge in [-0.05, 0) is 43.9 Å². The predicted molar refractivity (Wildman–Crippen MR) is 84.7 cm³/mol. The number of hydrogen-bond acceptors (Lipinski definition) is 3. The molecule has 22 heavy (non-hydrogen) atoms. The number of carbonyl (C=O) groups excluding carboxylic acids is 2. The van der Waals surface area contributed by atoms with Crippen molar-refractivity contribution in [1.82, 2.24) is 10.2 Å². The maximum absolute atomic E-state index is 11.8. The van der Waals surface area contributed by atoms with E-state index in [9.17, 15) is 9.59 Å². The van der Waals surface area contributed by atoms with Gasteiger partial charge in [0.05, 0.1) is 13.2 Å². The Hall–Kier alpha value is -2.04. The number of hydrogen-bond donors (Lipinski definition) is 1. The third kappa shape index (κ3) is 5.39. The zero-order valence-electron chi connectivity index (χ0n) is 13.1. The standard InChI is InChI=1S/C17H24N2O3/c1-14-6-4-7-15(12-14)22-11-5-8-16(20)18-13-17(21)19-9-2-3-10-19/h4,6-7,12H,2-3,5,8-11,13H2,1H3,(H,18,20). The Morgan fingerprint density at radius 3 is 2.77 bits per heavy atom. The molecule has 0 unspecified atom stereocenters.